The van der Waals surface area contributed by atoms with Gasteiger partial charge in [-0.3, -0.25) is 4.79 Å². The molecular formula is C20H20F3NO2. The number of benzene rings is 2. The predicted molar refractivity (Wildman–Crippen MR) is 91.7 cm³/mol. The highest BCUT2D eigenvalue weighted by atomic mass is 19.4. The number of hydrogen-bond acceptors (Lipinski definition) is 2. The Balaban J connectivity index is 1.68. The monoisotopic (exact) mass is 363 g/mol. The number of carbonyl (C=O) groups is 1. The SMILES string of the molecule is Cc1cccc(C2(C(=O)N(C)Cc3ccc(OC(F)(F)F)cc3)CC2)c1. The molecule has 1 aliphatic carbocycles. The Hall–Kier alpha value is -2.50. The van der Waals surface area contributed by atoms with Crippen LogP contribution in [-0.2, 0) is 16.8 Å². The van der Waals surface area contributed by atoms with Gasteiger partial charge < -0.3 is 9.64 Å². The molecule has 2 aromatic carbocycles. The molecule has 0 N–H and O–H groups in total. The average molecular weight is 363 g/mol. The molecule has 0 saturated heterocycles. The standard InChI is InChI=1S/C20H20F3NO2/c1-14-4-3-5-16(12-14)19(10-11-19)18(25)24(2)13-15-6-8-17(9-7-15)26-20(21,22)23/h3-9,12H,10-11,13H2,1-2H3. The van der Waals surface area contributed by atoms with E-state index in [1.165, 1.54) is 24.3 Å². The fourth-order valence-electron chi connectivity index (χ4n) is 3.20. The number of halogens is 3. The van der Waals surface area contributed by atoms with E-state index in [2.05, 4.69) is 4.74 Å². The Morgan fingerprint density at radius 3 is 2.35 bits per heavy atom. The van der Waals surface area contributed by atoms with Gasteiger partial charge in [0.1, 0.15) is 5.75 Å². The van der Waals surface area contributed by atoms with Crippen molar-refractivity contribution in [3.63, 3.8) is 0 Å². The van der Waals surface area contributed by atoms with Crippen LogP contribution in [0.1, 0.15) is 29.5 Å². The van der Waals surface area contributed by atoms with Crippen molar-refractivity contribution in [3.05, 3.63) is 65.2 Å². The molecular weight excluding hydrogens is 343 g/mol. The molecule has 138 valence electrons. The quantitative estimate of drug-likeness (QED) is 0.778. The van der Waals surface area contributed by atoms with E-state index in [1.54, 1.807) is 11.9 Å². The van der Waals surface area contributed by atoms with Crippen LogP contribution in [0, 0.1) is 6.92 Å². The molecule has 0 bridgehead atoms. The van der Waals surface area contributed by atoms with Crippen molar-refractivity contribution in [2.75, 3.05) is 7.05 Å². The van der Waals surface area contributed by atoms with Crippen LogP contribution in [0.3, 0.4) is 0 Å². The molecule has 1 fully saturated rings. The summed E-state index contributed by atoms with van der Waals surface area (Å²) in [6.45, 7) is 2.33. The maximum absolute atomic E-state index is 13.0. The Morgan fingerprint density at radius 2 is 1.81 bits per heavy atom. The summed E-state index contributed by atoms with van der Waals surface area (Å²) in [5, 5.41) is 0. The van der Waals surface area contributed by atoms with Crippen molar-refractivity contribution in [1.82, 2.24) is 4.90 Å². The zero-order valence-corrected chi connectivity index (χ0v) is 14.6. The van der Waals surface area contributed by atoms with Crippen molar-refractivity contribution in [2.24, 2.45) is 0 Å². The van der Waals surface area contributed by atoms with Gasteiger partial charge in [0.05, 0.1) is 5.41 Å². The molecule has 0 heterocycles. The van der Waals surface area contributed by atoms with Crippen molar-refractivity contribution in [3.8, 4) is 5.75 Å². The first-order valence-corrected chi connectivity index (χ1v) is 8.37. The molecule has 1 aliphatic rings. The second-order valence-corrected chi connectivity index (χ2v) is 6.80. The number of hydrogen-bond donors (Lipinski definition) is 0. The number of aryl methyl sites for hydroxylation is 1. The molecule has 0 atom stereocenters. The molecule has 2 aromatic rings. The van der Waals surface area contributed by atoms with Gasteiger partial charge in [-0.15, -0.1) is 13.2 Å². The number of amides is 1. The third-order valence-corrected chi connectivity index (χ3v) is 4.65. The van der Waals surface area contributed by atoms with Crippen LogP contribution < -0.4 is 4.74 Å². The third-order valence-electron chi connectivity index (χ3n) is 4.65. The maximum Gasteiger partial charge on any atom is 0.573 e. The molecule has 0 aromatic heterocycles. The second-order valence-electron chi connectivity index (χ2n) is 6.80. The zero-order valence-electron chi connectivity index (χ0n) is 14.6. The van der Waals surface area contributed by atoms with Gasteiger partial charge in [-0.1, -0.05) is 42.0 Å². The van der Waals surface area contributed by atoms with Gasteiger partial charge >= 0.3 is 6.36 Å². The lowest BCUT2D eigenvalue weighted by molar-refractivity contribution is -0.274. The van der Waals surface area contributed by atoms with Crippen LogP contribution in [0.4, 0.5) is 13.2 Å². The second kappa shape index (κ2) is 6.67. The van der Waals surface area contributed by atoms with Gasteiger partial charge in [-0.2, -0.15) is 0 Å². The highest BCUT2D eigenvalue weighted by molar-refractivity contribution is 5.91. The van der Waals surface area contributed by atoms with Gasteiger partial charge in [-0.05, 0) is 43.0 Å². The number of nitrogens with zero attached hydrogens (tertiary/aromatic N) is 1. The van der Waals surface area contributed by atoms with E-state index in [0.29, 0.717) is 6.54 Å². The summed E-state index contributed by atoms with van der Waals surface area (Å²) in [5.74, 6) is -0.229. The van der Waals surface area contributed by atoms with Crippen LogP contribution in [-0.4, -0.2) is 24.2 Å². The molecule has 3 nitrogen and oxygen atoms in total. The Morgan fingerprint density at radius 1 is 1.15 bits per heavy atom. The van der Waals surface area contributed by atoms with E-state index < -0.39 is 11.8 Å². The minimum atomic E-state index is -4.71. The minimum absolute atomic E-state index is 0.0405. The Labute approximate surface area is 150 Å². The molecule has 6 heteroatoms. The lowest BCUT2D eigenvalue weighted by Gasteiger charge is -2.24. The number of alkyl halides is 3. The Bertz CT molecular complexity index is 795. The molecule has 0 aliphatic heterocycles. The summed E-state index contributed by atoms with van der Waals surface area (Å²) in [4.78, 5) is 14.6. The molecule has 0 unspecified atom stereocenters. The van der Waals surface area contributed by atoms with Crippen LogP contribution >= 0.6 is 0 Å². The average Bonchev–Trinajstić information content (AvgIpc) is 3.36. The molecule has 3 rings (SSSR count). The number of ether oxygens (including phenoxy) is 1. The van der Waals surface area contributed by atoms with Crippen LogP contribution in [0.2, 0.25) is 0 Å². The lowest BCUT2D eigenvalue weighted by Crippen LogP contribution is -2.36. The number of rotatable bonds is 5. The first kappa shape index (κ1) is 18.3. The maximum atomic E-state index is 13.0. The molecule has 1 saturated carbocycles. The molecule has 26 heavy (non-hydrogen) atoms. The smallest absolute Gasteiger partial charge is 0.406 e. The zero-order chi connectivity index (χ0) is 18.9. The van der Waals surface area contributed by atoms with Crippen molar-refractivity contribution >= 4 is 5.91 Å². The highest BCUT2D eigenvalue weighted by Gasteiger charge is 2.52. The molecule has 0 spiro atoms. The van der Waals surface area contributed by atoms with E-state index in [1.807, 2.05) is 31.2 Å². The van der Waals surface area contributed by atoms with Gasteiger partial charge in [0.25, 0.3) is 0 Å². The molecule has 0 radical (unpaired) electrons. The first-order valence-electron chi connectivity index (χ1n) is 8.37. The van der Waals surface area contributed by atoms with Gasteiger partial charge in [-0.25, -0.2) is 0 Å². The van der Waals surface area contributed by atoms with Crippen LogP contribution in [0.25, 0.3) is 0 Å². The van der Waals surface area contributed by atoms with E-state index in [-0.39, 0.29) is 11.7 Å². The van der Waals surface area contributed by atoms with Gasteiger partial charge in [0, 0.05) is 13.6 Å². The fraction of sp³-hybridized carbons (Fsp3) is 0.350. The normalized spacial score (nSPS) is 15.4. The van der Waals surface area contributed by atoms with E-state index in [9.17, 15) is 18.0 Å². The summed E-state index contributed by atoms with van der Waals surface area (Å²) in [7, 11) is 1.72. The van der Waals surface area contributed by atoms with Crippen molar-refractivity contribution < 1.29 is 22.7 Å². The summed E-state index contributed by atoms with van der Waals surface area (Å²) in [5.41, 5.74) is 2.43. The summed E-state index contributed by atoms with van der Waals surface area (Å²) in [6.07, 6.45) is -3.07. The number of carbonyl (C=O) groups excluding carboxylic acids is 1. The summed E-state index contributed by atoms with van der Waals surface area (Å²) >= 11 is 0. The molecule has 1 amide bonds. The largest absolute Gasteiger partial charge is 0.573 e. The first-order chi connectivity index (χ1) is 12.2. The van der Waals surface area contributed by atoms with Gasteiger partial charge in [0.15, 0.2) is 0 Å². The van der Waals surface area contributed by atoms with Crippen molar-refractivity contribution in [1.29, 1.82) is 0 Å². The van der Waals surface area contributed by atoms with E-state index in [0.717, 1.165) is 29.5 Å². The van der Waals surface area contributed by atoms with Crippen LogP contribution in [0.5, 0.6) is 5.75 Å². The van der Waals surface area contributed by atoms with E-state index in [4.69, 9.17) is 0 Å². The highest BCUT2D eigenvalue weighted by Crippen LogP contribution is 2.49. The van der Waals surface area contributed by atoms with E-state index >= 15 is 0 Å². The Kier molecular flexibility index (Phi) is 4.69. The summed E-state index contributed by atoms with van der Waals surface area (Å²) in [6, 6.07) is 13.6. The minimum Gasteiger partial charge on any atom is -0.406 e. The fourth-order valence-corrected chi connectivity index (χ4v) is 3.20. The topological polar surface area (TPSA) is 29.5 Å². The van der Waals surface area contributed by atoms with Gasteiger partial charge in [0.2, 0.25) is 5.91 Å². The number of likely N-dealkylation sites (N-methyl/N-ethyl adjacent to an activating group) is 1. The summed E-state index contributed by atoms with van der Waals surface area (Å²) < 4.78 is 40.5. The third kappa shape index (κ3) is 4.00. The lowest BCUT2D eigenvalue weighted by atomic mass is 9.93. The predicted octanol–water partition coefficient (Wildman–Crippen LogP) is 4.58. The van der Waals surface area contributed by atoms with Crippen molar-refractivity contribution in [2.45, 2.75) is 38.1 Å². The van der Waals surface area contributed by atoms with Crippen LogP contribution in [0.15, 0.2) is 48.5 Å².